The van der Waals surface area contributed by atoms with Gasteiger partial charge in [0.25, 0.3) is 0 Å². The minimum absolute atomic E-state index is 0. The Bertz CT molecular complexity index is 5590. The van der Waals surface area contributed by atoms with E-state index in [0.717, 1.165) is 44.5 Å². The van der Waals surface area contributed by atoms with Crippen LogP contribution in [0.2, 0.25) is 0 Å². The van der Waals surface area contributed by atoms with Crippen molar-refractivity contribution in [2.24, 2.45) is 0 Å². The number of aromatic nitrogens is 16. The molecule has 16 aromatic heterocycles. The zero-order valence-corrected chi connectivity index (χ0v) is 79.6. The maximum atomic E-state index is 11.6. The molecule has 0 spiro atoms. The summed E-state index contributed by atoms with van der Waals surface area (Å²) in [5, 5.41) is 162. The number of nitrogens with zero attached hydrogens (tertiary/aromatic N) is 24. The summed E-state index contributed by atoms with van der Waals surface area (Å²) in [6.07, 6.45) is 22.7. The third kappa shape index (κ3) is 23.0. The van der Waals surface area contributed by atoms with Crippen LogP contribution in [0.4, 0.5) is 0 Å². The van der Waals surface area contributed by atoms with E-state index in [2.05, 4.69) is 79.7 Å². The Balaban J connectivity index is 0.000000280. The van der Waals surface area contributed by atoms with Crippen molar-refractivity contribution in [3.63, 3.8) is 0 Å². The maximum Gasteiger partial charge on any atom is 3.00 e. The molecule has 117 heavy (non-hydrogen) atoms. The van der Waals surface area contributed by atoms with Gasteiger partial charge in [0.15, 0.2) is 0 Å². The predicted molar refractivity (Wildman–Crippen MR) is 391 cm³/mol. The first-order valence-corrected chi connectivity index (χ1v) is 32.4. The van der Waals surface area contributed by atoms with Crippen LogP contribution in [-0.4, -0.2) is 85.2 Å². The molecule has 16 heterocycles. The molecule has 0 bridgehead atoms. The van der Waals surface area contributed by atoms with E-state index in [4.69, 9.17) is 42.1 Å². The van der Waals surface area contributed by atoms with Gasteiger partial charge in [-0.3, -0.25) is 79.7 Å². The first-order chi connectivity index (χ1) is 53.9. The number of rotatable bonds is 0. The summed E-state index contributed by atoms with van der Waals surface area (Å²) >= 11 is 0. The van der Waals surface area contributed by atoms with Gasteiger partial charge in [0, 0.05) is 99.1 Å². The van der Waals surface area contributed by atoms with Crippen molar-refractivity contribution in [1.29, 1.82) is 42.1 Å². The number of aryl methyl sites for hydroxylation is 8. The van der Waals surface area contributed by atoms with Gasteiger partial charge in [-0.15, -0.1) is 0 Å². The number of pyridine rings is 16. The molecule has 0 saturated carbocycles. The fourth-order valence-corrected chi connectivity index (χ4v) is 10.2. The molecule has 0 amide bonds. The molecule has 0 aliphatic heterocycles. The average molecular weight is 2080 g/mol. The van der Waals surface area contributed by atoms with Gasteiger partial charge >= 0.3 is 214 Å². The Morgan fingerprint density at radius 3 is 0.368 bits per heavy atom. The fourth-order valence-electron chi connectivity index (χ4n) is 10.2. The Labute approximate surface area is 843 Å². The number of hydrogen-bond acceptors (Lipinski definition) is 32. The topological polar surface area (TPSA) is 613 Å². The van der Waals surface area contributed by atoms with Crippen LogP contribution in [0, 0.1) is 222 Å². The van der Waals surface area contributed by atoms with Crippen LogP contribution in [0.15, 0.2) is 148 Å². The molecular formula is C80H50Cs2Dy2N24O9. The van der Waals surface area contributed by atoms with Gasteiger partial charge in [-0.05, 0) is 148 Å². The first kappa shape index (κ1) is 98.8. The molecule has 0 unspecified atom stereocenters. The van der Waals surface area contributed by atoms with Gasteiger partial charge in [-0.2, -0.15) is 42.1 Å². The Morgan fingerprint density at radius 2 is 0.282 bits per heavy atom. The molecule has 37 heteroatoms. The SMILES string of the molecule is Cc1ccnc2c([O-])c(C#N)cnc12.Cc1ccnc2c([O-])c(C#N)cnc12.Cc1ccnc2c([O-])c(C#N)cnc12.Cc1ccnc2c([O-])c(C#N)cnc12.Cc1ccnc2c([O-])c(C#N)cnc12.Cc1ccnc2c([O-])c(C#N)cnc12.Cc1ccnc2c([O-])c(C#N)cnc12.Cc1ccnc2c([O-])c(C#N)cnc12.O.[Cs+].[Cs+].[Dy+3].[Dy+3]. The second-order valence-electron chi connectivity index (χ2n) is 23.5. The van der Waals surface area contributed by atoms with E-state index in [1.54, 1.807) is 147 Å². The number of fused-ring (bicyclic) bond motifs is 8. The van der Waals surface area contributed by atoms with Crippen molar-refractivity contribution in [3.8, 4) is 94.5 Å². The van der Waals surface area contributed by atoms with Crippen molar-refractivity contribution >= 4 is 88.3 Å². The van der Waals surface area contributed by atoms with Gasteiger partial charge in [-0.1, -0.05) is 46.0 Å². The molecule has 16 aromatic rings. The summed E-state index contributed by atoms with van der Waals surface area (Å²) in [4.78, 5) is 63.6. The summed E-state index contributed by atoms with van der Waals surface area (Å²) in [6.45, 7) is 14.8. The largest absolute Gasteiger partial charge is 3.00 e. The zero-order valence-electron chi connectivity index (χ0n) is 63.0. The number of hydrogen-bond donors (Lipinski definition) is 0. The molecule has 0 aliphatic rings. The van der Waals surface area contributed by atoms with Crippen LogP contribution < -0.4 is 179 Å². The van der Waals surface area contributed by atoms with Crippen molar-refractivity contribution in [2.45, 2.75) is 55.4 Å². The molecule has 566 valence electrons. The van der Waals surface area contributed by atoms with Gasteiger partial charge < -0.3 is 46.3 Å². The van der Waals surface area contributed by atoms with E-state index < -0.39 is 0 Å². The minimum Gasteiger partial charge on any atom is -0.870 e. The van der Waals surface area contributed by atoms with Gasteiger partial charge in [0.1, 0.15) is 48.6 Å². The maximum absolute atomic E-state index is 11.6. The first-order valence-electron chi connectivity index (χ1n) is 32.4. The molecule has 0 aromatic carbocycles. The van der Waals surface area contributed by atoms with E-state index in [-0.39, 0.29) is 354 Å². The van der Waals surface area contributed by atoms with Crippen LogP contribution in [0.3, 0.4) is 0 Å². The summed E-state index contributed by atoms with van der Waals surface area (Å²) in [5.41, 5.74) is 14.1. The van der Waals surface area contributed by atoms with E-state index in [0.29, 0.717) is 44.1 Å². The normalized spacial score (nSPS) is 9.57. The molecule has 2 radical (unpaired) electrons. The average Bonchev–Trinajstić information content (AvgIpc) is 0.862. The van der Waals surface area contributed by atoms with Gasteiger partial charge in [0.05, 0.1) is 133 Å². The fraction of sp³-hybridized carbons (Fsp3) is 0.100. The second kappa shape index (κ2) is 46.4. The van der Waals surface area contributed by atoms with Crippen molar-refractivity contribution in [3.05, 3.63) is 237 Å². The van der Waals surface area contributed by atoms with Crippen LogP contribution >= 0.6 is 0 Å². The van der Waals surface area contributed by atoms with E-state index >= 15 is 0 Å². The molecule has 0 atom stereocenters. The van der Waals surface area contributed by atoms with Crippen LogP contribution in [-0.2, 0) is 0 Å². The van der Waals surface area contributed by atoms with Crippen molar-refractivity contribution in [1.82, 2.24) is 79.7 Å². The molecule has 0 saturated heterocycles. The van der Waals surface area contributed by atoms with Crippen LogP contribution in [0.5, 0.6) is 46.0 Å². The summed E-state index contributed by atoms with van der Waals surface area (Å²) in [6, 6.07) is 28.6. The number of nitriles is 8. The molecule has 0 fully saturated rings. The Hall–Kier alpha value is -10.6. The van der Waals surface area contributed by atoms with E-state index in [9.17, 15) is 40.9 Å². The summed E-state index contributed by atoms with van der Waals surface area (Å²) in [7, 11) is 0. The molecule has 2 N–H and O–H groups in total. The third-order valence-electron chi connectivity index (χ3n) is 16.2. The Kier molecular flexibility index (Phi) is 39.2. The van der Waals surface area contributed by atoms with Crippen LogP contribution in [0.25, 0.3) is 88.3 Å². The predicted octanol–water partition coefficient (Wildman–Crippen LogP) is 0.251. The Morgan fingerprint density at radius 1 is 0.188 bits per heavy atom. The molecule has 0 aliphatic carbocycles. The summed E-state index contributed by atoms with van der Waals surface area (Å²) < 4.78 is 0. The summed E-state index contributed by atoms with van der Waals surface area (Å²) in [5.74, 6) is -2.77. The quantitative estimate of drug-likeness (QED) is 0.196. The van der Waals surface area contributed by atoms with Gasteiger partial charge in [-0.25, -0.2) is 0 Å². The van der Waals surface area contributed by atoms with Crippen molar-refractivity contribution < 1.29 is 260 Å². The van der Waals surface area contributed by atoms with Crippen LogP contribution in [0.1, 0.15) is 89.0 Å². The monoisotopic (exact) mass is 2080 g/mol. The van der Waals surface area contributed by atoms with E-state index in [1.807, 2.05) is 55.4 Å². The smallest absolute Gasteiger partial charge is 0.870 e. The molecular weight excluding hydrogens is 2030 g/mol. The van der Waals surface area contributed by atoms with Gasteiger partial charge in [0.2, 0.25) is 0 Å². The molecule has 16 rings (SSSR count). The zero-order chi connectivity index (χ0) is 81.0. The van der Waals surface area contributed by atoms with E-state index in [1.165, 1.54) is 49.6 Å². The standard InChI is InChI=1S/8C10H7N3O.2Cs.2Dy.H2O/c8*1-6-2-3-12-9-8(6)13-5-7(4-11)10(9)14;;;;;/h8*2-3,5H,1H3,(H,13,14);;;;;1H2/q;;;;;;;;2*+1;2*+3;/p-8. The second-order valence-corrected chi connectivity index (χ2v) is 23.5. The minimum atomic E-state index is -0.346. The van der Waals surface area contributed by atoms with Crippen molar-refractivity contribution in [2.75, 3.05) is 0 Å². The third-order valence-corrected chi connectivity index (χ3v) is 16.2. The molecule has 33 nitrogen and oxygen atoms in total.